The zero-order chi connectivity index (χ0) is 14.5. The van der Waals surface area contributed by atoms with E-state index in [2.05, 4.69) is 15.4 Å². The van der Waals surface area contributed by atoms with Crippen molar-refractivity contribution in [2.45, 2.75) is 14.4 Å². The molecule has 0 fully saturated rings. The maximum Gasteiger partial charge on any atom is 0.175 e. The molecule has 9 heteroatoms. The summed E-state index contributed by atoms with van der Waals surface area (Å²) < 4.78 is 1.85. The smallest absolute Gasteiger partial charge is 0.175 e. The number of rotatable bonds is 5. The van der Waals surface area contributed by atoms with Crippen LogP contribution in [0.5, 0.6) is 0 Å². The summed E-state index contributed by atoms with van der Waals surface area (Å²) >= 11 is 10.9. The number of hydrogen-bond acceptors (Lipinski definition) is 7. The van der Waals surface area contributed by atoms with Crippen LogP contribution in [0.2, 0.25) is 5.02 Å². The van der Waals surface area contributed by atoms with Gasteiger partial charge in [0.25, 0.3) is 0 Å². The van der Waals surface area contributed by atoms with E-state index in [9.17, 15) is 0 Å². The van der Waals surface area contributed by atoms with Gasteiger partial charge in [-0.05, 0) is 17.9 Å². The molecule has 0 spiro atoms. The molecule has 5 nitrogen and oxygen atoms in total. The summed E-state index contributed by atoms with van der Waals surface area (Å²) in [5.74, 6) is 0.734. The van der Waals surface area contributed by atoms with Crippen LogP contribution in [0, 0.1) is 0 Å². The van der Waals surface area contributed by atoms with Crippen LogP contribution in [0.3, 0.4) is 0 Å². The van der Waals surface area contributed by atoms with Gasteiger partial charge in [-0.3, -0.25) is 0 Å². The van der Waals surface area contributed by atoms with Crippen molar-refractivity contribution in [1.82, 2.24) is 10.2 Å². The number of aromatic nitrogens is 2. The highest BCUT2D eigenvalue weighted by molar-refractivity contribution is 8.02. The summed E-state index contributed by atoms with van der Waals surface area (Å²) in [6, 6.07) is 5.31. The summed E-state index contributed by atoms with van der Waals surface area (Å²) in [7, 11) is 0. The van der Waals surface area contributed by atoms with Gasteiger partial charge in [0.05, 0.1) is 0 Å². The standard InChI is InChI=1S/C11H11ClN4OS3/c1-18-10-14-15-11(20-10)19-5-7-3-2-6(4-8(7)12)9(13)16-17/h2-4,17H,5H2,1H3,(H2,13,16). The maximum absolute atomic E-state index is 8.63. The van der Waals surface area contributed by atoms with Crippen LogP contribution in [0.1, 0.15) is 11.1 Å². The zero-order valence-electron chi connectivity index (χ0n) is 10.4. The number of thioether (sulfide) groups is 2. The van der Waals surface area contributed by atoms with E-state index in [4.69, 9.17) is 22.5 Å². The second-order valence-electron chi connectivity index (χ2n) is 3.62. The molecular formula is C11H11ClN4OS3. The van der Waals surface area contributed by atoms with Gasteiger partial charge in [0.15, 0.2) is 14.5 Å². The van der Waals surface area contributed by atoms with Gasteiger partial charge in [0.2, 0.25) is 0 Å². The first-order valence-corrected chi connectivity index (χ1v) is 8.81. The minimum atomic E-state index is 0.0415. The number of benzene rings is 1. The molecule has 0 atom stereocenters. The summed E-state index contributed by atoms with van der Waals surface area (Å²) in [5.41, 5.74) is 7.07. The topological polar surface area (TPSA) is 84.4 Å². The van der Waals surface area contributed by atoms with Crippen LogP contribution in [0.15, 0.2) is 32.0 Å². The van der Waals surface area contributed by atoms with Gasteiger partial charge in [-0.1, -0.05) is 63.7 Å². The molecule has 0 saturated carbocycles. The highest BCUT2D eigenvalue weighted by atomic mass is 35.5. The Morgan fingerprint density at radius 3 is 2.80 bits per heavy atom. The van der Waals surface area contributed by atoms with E-state index in [1.165, 1.54) is 0 Å². The van der Waals surface area contributed by atoms with Crippen LogP contribution in [-0.4, -0.2) is 27.5 Å². The Labute approximate surface area is 133 Å². The van der Waals surface area contributed by atoms with E-state index >= 15 is 0 Å². The van der Waals surface area contributed by atoms with Gasteiger partial charge in [-0.25, -0.2) is 0 Å². The van der Waals surface area contributed by atoms with Gasteiger partial charge in [-0.15, -0.1) is 10.2 Å². The molecule has 20 heavy (non-hydrogen) atoms. The lowest BCUT2D eigenvalue weighted by Gasteiger charge is -2.05. The number of oxime groups is 1. The van der Waals surface area contributed by atoms with Crippen molar-refractivity contribution in [3.8, 4) is 0 Å². The fourth-order valence-electron chi connectivity index (χ4n) is 1.36. The Bertz CT molecular complexity index is 632. The molecule has 0 unspecified atom stereocenters. The first-order valence-electron chi connectivity index (χ1n) is 5.40. The molecule has 2 aromatic rings. The van der Waals surface area contributed by atoms with Crippen LogP contribution in [0.4, 0.5) is 0 Å². The number of halogens is 1. The molecule has 1 aromatic carbocycles. The molecule has 0 radical (unpaired) electrons. The summed E-state index contributed by atoms with van der Waals surface area (Å²) in [5, 5.41) is 20.3. The van der Waals surface area contributed by atoms with Gasteiger partial charge < -0.3 is 10.9 Å². The van der Waals surface area contributed by atoms with Gasteiger partial charge in [0, 0.05) is 16.3 Å². The first-order chi connectivity index (χ1) is 9.63. The molecule has 2 rings (SSSR count). The van der Waals surface area contributed by atoms with E-state index in [-0.39, 0.29) is 5.84 Å². The number of amidine groups is 1. The fourth-order valence-corrected chi connectivity index (χ4v) is 4.13. The SMILES string of the molecule is CSc1nnc(SCc2ccc(/C(N)=N/O)cc2Cl)s1. The predicted octanol–water partition coefficient (Wildman–Crippen LogP) is 3.30. The highest BCUT2D eigenvalue weighted by Crippen LogP contribution is 2.31. The molecular weight excluding hydrogens is 336 g/mol. The summed E-state index contributed by atoms with van der Waals surface area (Å²) in [6.45, 7) is 0. The van der Waals surface area contributed by atoms with Gasteiger partial charge >= 0.3 is 0 Å². The highest BCUT2D eigenvalue weighted by Gasteiger charge is 2.08. The lowest BCUT2D eigenvalue weighted by Crippen LogP contribution is -2.12. The molecule has 0 aliphatic rings. The molecule has 0 aliphatic heterocycles. The molecule has 0 bridgehead atoms. The van der Waals surface area contributed by atoms with Gasteiger partial charge in [0.1, 0.15) is 0 Å². The van der Waals surface area contributed by atoms with Crippen molar-refractivity contribution in [2.75, 3.05) is 6.26 Å². The third kappa shape index (κ3) is 3.78. The molecule has 0 saturated heterocycles. The molecule has 0 aliphatic carbocycles. The van der Waals surface area contributed by atoms with E-state index in [0.717, 1.165) is 14.2 Å². The average molecular weight is 347 g/mol. The number of hydrogen-bond donors (Lipinski definition) is 2. The molecule has 0 amide bonds. The van der Waals surface area contributed by atoms with E-state index in [0.29, 0.717) is 16.3 Å². The maximum atomic E-state index is 8.63. The third-order valence-corrected chi connectivity index (χ3v) is 5.80. The summed E-state index contributed by atoms with van der Waals surface area (Å²) in [6.07, 6.45) is 1.97. The number of nitrogens with zero attached hydrogens (tertiary/aromatic N) is 3. The van der Waals surface area contributed by atoms with Crippen LogP contribution in [-0.2, 0) is 5.75 Å². The third-order valence-electron chi connectivity index (χ3n) is 2.37. The van der Waals surface area contributed by atoms with Crippen LogP contribution >= 0.6 is 46.5 Å². The molecule has 1 aromatic heterocycles. The Morgan fingerprint density at radius 2 is 2.20 bits per heavy atom. The second kappa shape index (κ2) is 7.16. The molecule has 1 heterocycles. The van der Waals surface area contributed by atoms with Crippen molar-refractivity contribution < 1.29 is 5.21 Å². The number of nitrogens with two attached hydrogens (primary N) is 1. The summed E-state index contributed by atoms with van der Waals surface area (Å²) in [4.78, 5) is 0. The average Bonchev–Trinajstić information content (AvgIpc) is 2.93. The van der Waals surface area contributed by atoms with Gasteiger partial charge in [-0.2, -0.15) is 0 Å². The Morgan fingerprint density at radius 1 is 1.45 bits per heavy atom. The quantitative estimate of drug-likeness (QED) is 0.284. The van der Waals surface area contributed by atoms with Crippen molar-refractivity contribution in [3.05, 3.63) is 34.3 Å². The van der Waals surface area contributed by atoms with Crippen LogP contribution < -0.4 is 5.73 Å². The van der Waals surface area contributed by atoms with E-state index in [1.807, 2.05) is 12.3 Å². The Kier molecular flexibility index (Phi) is 5.53. The lowest BCUT2D eigenvalue weighted by molar-refractivity contribution is 0.318. The van der Waals surface area contributed by atoms with Crippen LogP contribution in [0.25, 0.3) is 0 Å². The van der Waals surface area contributed by atoms with E-state index < -0.39 is 0 Å². The van der Waals surface area contributed by atoms with E-state index in [1.54, 1.807) is 47.0 Å². The lowest BCUT2D eigenvalue weighted by atomic mass is 10.1. The minimum absolute atomic E-state index is 0.0415. The minimum Gasteiger partial charge on any atom is -0.409 e. The first kappa shape index (κ1) is 15.4. The Hall–Kier alpha value is -0.960. The zero-order valence-corrected chi connectivity index (χ0v) is 13.6. The largest absolute Gasteiger partial charge is 0.409 e. The van der Waals surface area contributed by atoms with Crippen molar-refractivity contribution in [2.24, 2.45) is 10.9 Å². The van der Waals surface area contributed by atoms with Crippen molar-refractivity contribution in [3.63, 3.8) is 0 Å². The van der Waals surface area contributed by atoms with Crippen molar-refractivity contribution >= 4 is 52.3 Å². The Balaban J connectivity index is 2.06. The van der Waals surface area contributed by atoms with Crippen molar-refractivity contribution in [1.29, 1.82) is 0 Å². The fraction of sp³-hybridized carbons (Fsp3) is 0.182. The normalized spacial score (nSPS) is 11.8. The monoisotopic (exact) mass is 346 g/mol. The predicted molar refractivity (Wildman–Crippen MR) is 85.2 cm³/mol. The second-order valence-corrected chi connectivity index (χ2v) is 7.28. The molecule has 106 valence electrons. The molecule has 3 N–H and O–H groups in total.